The molecule has 11 unspecified atom stereocenters. The summed E-state index contributed by atoms with van der Waals surface area (Å²) >= 11 is 0. The van der Waals surface area contributed by atoms with E-state index in [1.165, 1.54) is 173 Å². The predicted octanol–water partition coefficient (Wildman–Crippen LogP) is 11.7. The molecular weight excluding hydrogens is 969 g/mol. The lowest BCUT2D eigenvalue weighted by atomic mass is 9.98. The normalized spacial score (nSPS) is 24.6. The first-order chi connectivity index (χ1) is 37.1. The lowest BCUT2D eigenvalue weighted by Gasteiger charge is -2.42. The highest BCUT2D eigenvalue weighted by Crippen LogP contribution is 2.27. The fraction of sp³-hybridized carbons (Fsp3) is 0.887. The second-order valence-electron chi connectivity index (χ2n) is 21.9. The summed E-state index contributed by atoms with van der Waals surface area (Å²) in [5, 5.41) is 72.4. The molecule has 7 N–H and O–H groups in total. The summed E-state index contributed by atoms with van der Waals surface area (Å²) < 4.78 is 34.4. The highest BCUT2D eigenvalue weighted by Gasteiger charge is 2.47. The molecule has 2 fully saturated rings. The monoisotopic (exact) mass is 1080 g/mol. The predicted molar refractivity (Wildman–Crippen MR) is 303 cm³/mol. The third-order valence-electron chi connectivity index (χ3n) is 14.9. The number of carbonyl (C=O) groups is 1. The molecule has 0 radical (unpaired) electrons. The van der Waals surface area contributed by atoms with Crippen LogP contribution in [0.2, 0.25) is 0 Å². The van der Waals surface area contributed by atoms with E-state index < -0.39 is 80.7 Å². The van der Waals surface area contributed by atoms with E-state index in [4.69, 9.17) is 28.4 Å². The van der Waals surface area contributed by atoms with Crippen LogP contribution in [0.5, 0.6) is 0 Å². The quantitative estimate of drug-likeness (QED) is 0.0172. The number of hydrogen-bond donors (Lipinski definition) is 7. The van der Waals surface area contributed by atoms with Gasteiger partial charge in [-0.1, -0.05) is 211 Å². The van der Waals surface area contributed by atoms with Gasteiger partial charge in [0, 0.05) is 13.0 Å². The Balaban J connectivity index is 1.68. The first-order valence-corrected chi connectivity index (χ1v) is 31.1. The van der Waals surface area contributed by atoms with E-state index in [1.807, 2.05) is 0 Å². The number of rotatable bonds is 51. The Bertz CT molecular complexity index is 1400. The summed E-state index contributed by atoms with van der Waals surface area (Å²) in [5.41, 5.74) is 0. The fourth-order valence-corrected chi connectivity index (χ4v) is 9.84. The Morgan fingerprint density at radius 3 is 1.29 bits per heavy atom. The van der Waals surface area contributed by atoms with Crippen LogP contribution in [0.1, 0.15) is 251 Å². The van der Waals surface area contributed by atoms with E-state index >= 15 is 0 Å². The Kier molecular flexibility index (Phi) is 45.4. The van der Waals surface area contributed by atoms with Crippen molar-refractivity contribution in [3.05, 3.63) is 36.5 Å². The lowest BCUT2D eigenvalue weighted by molar-refractivity contribution is -0.332. The topological polar surface area (TPSA) is 214 Å². The molecule has 0 bridgehead atoms. The SMILES string of the molecule is CCCCCC/C=C\C/C=C\CCCCCCCCCC(=O)OC(COCCCCCCCCCCCCCC/C=C\CCCCCCCCCC)COC1OC(COC2OC(CO)C(O)C(O)C2O)C(O)C(O)C1O. The third-order valence-corrected chi connectivity index (χ3v) is 14.9. The number of unbranched alkanes of at least 4 members (excludes halogenated alkanes) is 31. The van der Waals surface area contributed by atoms with E-state index in [1.54, 1.807) is 0 Å². The molecule has 2 rings (SSSR count). The standard InChI is InChI=1S/C62H114O14/c1-3-5-7-9-11-13-15-17-19-21-23-24-25-26-27-28-30-32-34-36-38-40-42-44-46-71-48-51(74-54(64)45-43-41-39-37-35-33-31-29-22-20-18-16-14-12-10-8-6-4-2)49-72-61-60(70)58(68)56(66)53(76-61)50-73-62-59(69)57(67)55(65)52(47-63)75-62/h14,16,20-23,51-53,55-63,65-70H,3-13,15,17-19,24-50H2,1-2H3/b16-14-,22-20-,23-21-. The largest absolute Gasteiger partial charge is 0.457 e. The number of esters is 1. The molecule has 2 aliphatic heterocycles. The maximum absolute atomic E-state index is 13.1. The molecule has 2 heterocycles. The van der Waals surface area contributed by atoms with E-state index in [0.29, 0.717) is 13.0 Å². The van der Waals surface area contributed by atoms with E-state index in [0.717, 1.165) is 51.4 Å². The fourth-order valence-electron chi connectivity index (χ4n) is 9.84. The summed E-state index contributed by atoms with van der Waals surface area (Å²) in [7, 11) is 0. The molecular formula is C62H114O14. The Hall–Kier alpha value is -1.79. The second-order valence-corrected chi connectivity index (χ2v) is 21.9. The molecule has 446 valence electrons. The van der Waals surface area contributed by atoms with Crippen molar-refractivity contribution in [1.29, 1.82) is 0 Å². The first kappa shape index (κ1) is 70.3. The molecule has 76 heavy (non-hydrogen) atoms. The summed E-state index contributed by atoms with van der Waals surface area (Å²) in [4.78, 5) is 13.1. The van der Waals surface area contributed by atoms with Crippen LogP contribution in [-0.2, 0) is 33.2 Å². The molecule has 0 aromatic heterocycles. The van der Waals surface area contributed by atoms with Gasteiger partial charge in [-0.25, -0.2) is 0 Å². The molecule has 0 saturated carbocycles. The molecule has 11 atom stereocenters. The van der Waals surface area contributed by atoms with Gasteiger partial charge in [0.05, 0.1) is 26.4 Å². The van der Waals surface area contributed by atoms with Crippen LogP contribution in [0.3, 0.4) is 0 Å². The minimum Gasteiger partial charge on any atom is -0.457 e. The molecule has 0 aromatic rings. The van der Waals surface area contributed by atoms with Crippen LogP contribution in [0.15, 0.2) is 36.5 Å². The molecule has 0 aliphatic carbocycles. The van der Waals surface area contributed by atoms with Crippen molar-refractivity contribution in [3.8, 4) is 0 Å². The van der Waals surface area contributed by atoms with Gasteiger partial charge in [-0.2, -0.15) is 0 Å². The lowest BCUT2D eigenvalue weighted by Crippen LogP contribution is -2.61. The maximum Gasteiger partial charge on any atom is 0.306 e. The zero-order valence-corrected chi connectivity index (χ0v) is 48.0. The summed E-state index contributed by atoms with van der Waals surface area (Å²) in [6, 6.07) is 0. The average molecular weight is 1080 g/mol. The molecule has 2 aliphatic rings. The number of aliphatic hydroxyl groups excluding tert-OH is 7. The molecule has 14 heteroatoms. The van der Waals surface area contributed by atoms with Gasteiger partial charge in [0.15, 0.2) is 12.6 Å². The molecule has 14 nitrogen and oxygen atoms in total. The van der Waals surface area contributed by atoms with Gasteiger partial charge in [0.1, 0.15) is 54.9 Å². The number of hydrogen-bond acceptors (Lipinski definition) is 14. The van der Waals surface area contributed by atoms with Crippen molar-refractivity contribution in [1.82, 2.24) is 0 Å². The van der Waals surface area contributed by atoms with Crippen LogP contribution in [-0.4, -0.2) is 142 Å². The third kappa shape index (κ3) is 35.1. The van der Waals surface area contributed by atoms with Gasteiger partial charge < -0.3 is 64.2 Å². The molecule has 2 saturated heterocycles. The van der Waals surface area contributed by atoms with Crippen molar-refractivity contribution >= 4 is 5.97 Å². The van der Waals surface area contributed by atoms with Gasteiger partial charge in [-0.05, 0) is 70.6 Å². The van der Waals surface area contributed by atoms with Crippen molar-refractivity contribution in [3.63, 3.8) is 0 Å². The number of carbonyl (C=O) groups excluding carboxylic acids is 1. The van der Waals surface area contributed by atoms with Crippen LogP contribution in [0.4, 0.5) is 0 Å². The van der Waals surface area contributed by atoms with Crippen LogP contribution < -0.4 is 0 Å². The van der Waals surface area contributed by atoms with E-state index in [9.17, 15) is 40.5 Å². The van der Waals surface area contributed by atoms with E-state index in [2.05, 4.69) is 50.3 Å². The maximum atomic E-state index is 13.1. The van der Waals surface area contributed by atoms with Crippen LogP contribution in [0.25, 0.3) is 0 Å². The van der Waals surface area contributed by atoms with Crippen molar-refractivity contribution in [2.24, 2.45) is 0 Å². The Morgan fingerprint density at radius 2 is 0.816 bits per heavy atom. The minimum atomic E-state index is -1.71. The zero-order valence-electron chi connectivity index (χ0n) is 48.0. The van der Waals surface area contributed by atoms with Crippen molar-refractivity contribution in [2.45, 2.75) is 319 Å². The van der Waals surface area contributed by atoms with E-state index in [-0.39, 0.29) is 25.6 Å². The highest BCUT2D eigenvalue weighted by atomic mass is 16.7. The average Bonchev–Trinajstić information content (AvgIpc) is 3.42. The number of aliphatic hydroxyl groups is 7. The van der Waals surface area contributed by atoms with Crippen molar-refractivity contribution < 1.29 is 69.0 Å². The summed E-state index contributed by atoms with van der Waals surface area (Å²) in [6.45, 7) is 3.70. The number of allylic oxidation sites excluding steroid dienone is 6. The number of ether oxygens (including phenoxy) is 6. The van der Waals surface area contributed by atoms with Gasteiger partial charge in [-0.3, -0.25) is 4.79 Å². The summed E-state index contributed by atoms with van der Waals surface area (Å²) in [5.74, 6) is -0.381. The Morgan fingerprint density at radius 1 is 0.434 bits per heavy atom. The Labute approximate surface area is 461 Å². The molecule has 0 spiro atoms. The molecule has 0 amide bonds. The van der Waals surface area contributed by atoms with Crippen LogP contribution >= 0.6 is 0 Å². The minimum absolute atomic E-state index is 0.0600. The van der Waals surface area contributed by atoms with Gasteiger partial charge >= 0.3 is 5.97 Å². The highest BCUT2D eigenvalue weighted by molar-refractivity contribution is 5.69. The van der Waals surface area contributed by atoms with Crippen molar-refractivity contribution in [2.75, 3.05) is 33.0 Å². The second kappa shape index (κ2) is 49.1. The summed E-state index contributed by atoms with van der Waals surface area (Å²) in [6.07, 6.45) is 42.1. The smallest absolute Gasteiger partial charge is 0.306 e. The van der Waals surface area contributed by atoms with Gasteiger partial charge in [-0.15, -0.1) is 0 Å². The van der Waals surface area contributed by atoms with Gasteiger partial charge in [0.25, 0.3) is 0 Å². The zero-order chi connectivity index (χ0) is 55.1. The van der Waals surface area contributed by atoms with Crippen LogP contribution in [0, 0.1) is 0 Å². The molecule has 0 aromatic carbocycles. The van der Waals surface area contributed by atoms with Gasteiger partial charge in [0.2, 0.25) is 0 Å². The first-order valence-electron chi connectivity index (χ1n) is 31.1.